The minimum Gasteiger partial charge on any atom is -0.286 e. The lowest BCUT2D eigenvalue weighted by atomic mass is 10.2. The van der Waals surface area contributed by atoms with Crippen molar-refractivity contribution in [1.29, 1.82) is 5.26 Å². The van der Waals surface area contributed by atoms with Crippen molar-refractivity contribution in [3.05, 3.63) is 16.6 Å². The van der Waals surface area contributed by atoms with Crippen LogP contribution in [0.4, 0.5) is 0 Å². The molecule has 0 aliphatic carbocycles. The van der Waals surface area contributed by atoms with E-state index in [-0.39, 0.29) is 6.04 Å². The molecule has 1 atom stereocenters. The summed E-state index contributed by atoms with van der Waals surface area (Å²) in [6.45, 7) is 0.385. The molecule has 0 aliphatic rings. The first kappa shape index (κ1) is 8.73. The lowest BCUT2D eigenvalue weighted by Gasteiger charge is -2.04. The minimum absolute atomic E-state index is 0.382. The van der Waals surface area contributed by atoms with E-state index in [1.54, 1.807) is 5.51 Å². The van der Waals surface area contributed by atoms with Crippen molar-refractivity contribution >= 4 is 11.3 Å². The molecule has 3 nitrogen and oxygen atoms in total. The summed E-state index contributed by atoms with van der Waals surface area (Å²) in [6, 6.07) is 1.69. The summed E-state index contributed by atoms with van der Waals surface area (Å²) < 4.78 is 0. The number of rotatable bonds is 3. The molecule has 0 saturated carbocycles. The molecule has 1 heterocycles. The van der Waals surface area contributed by atoms with E-state index in [1.807, 2.05) is 5.38 Å². The molecule has 0 saturated heterocycles. The number of hydrogen-bond donors (Lipinski definition) is 1. The Morgan fingerprint density at radius 2 is 2.67 bits per heavy atom. The first-order chi connectivity index (χ1) is 5.88. The Kier molecular flexibility index (Phi) is 3.28. The Bertz CT molecular complexity index is 304. The number of hydrogen-bond acceptors (Lipinski definition) is 4. The Balaban J connectivity index is 2.60. The van der Waals surface area contributed by atoms with Gasteiger partial charge in [-0.3, -0.25) is 5.32 Å². The van der Waals surface area contributed by atoms with E-state index < -0.39 is 0 Å². The van der Waals surface area contributed by atoms with Crippen LogP contribution in [0.25, 0.3) is 0 Å². The summed E-state index contributed by atoms with van der Waals surface area (Å²) >= 11 is 1.46. The number of aromatic nitrogens is 1. The second-order valence-electron chi connectivity index (χ2n) is 2.06. The Morgan fingerprint density at radius 3 is 3.17 bits per heavy atom. The van der Waals surface area contributed by atoms with Gasteiger partial charge in [0.25, 0.3) is 0 Å². The number of nitrogens with zero attached hydrogens (tertiary/aromatic N) is 2. The van der Waals surface area contributed by atoms with Crippen molar-refractivity contribution < 1.29 is 0 Å². The minimum atomic E-state index is -0.382. The van der Waals surface area contributed by atoms with Crippen molar-refractivity contribution in [2.45, 2.75) is 6.04 Å². The summed E-state index contributed by atoms with van der Waals surface area (Å²) in [5, 5.41) is 13.4. The Labute approximate surface area is 75.1 Å². The third-order valence-corrected chi connectivity index (χ3v) is 1.89. The van der Waals surface area contributed by atoms with E-state index in [2.05, 4.69) is 22.3 Å². The predicted octanol–water partition coefficient (Wildman–Crippen LogP) is 0.931. The van der Waals surface area contributed by atoms with Gasteiger partial charge in [-0.15, -0.1) is 17.8 Å². The number of terminal acetylenes is 1. The monoisotopic (exact) mass is 177 g/mol. The van der Waals surface area contributed by atoms with Crippen LogP contribution in [0.3, 0.4) is 0 Å². The van der Waals surface area contributed by atoms with Gasteiger partial charge in [0.15, 0.2) is 0 Å². The molecule has 1 aromatic heterocycles. The molecule has 0 amide bonds. The highest BCUT2D eigenvalue weighted by molar-refractivity contribution is 7.07. The Hall–Kier alpha value is -1.36. The fraction of sp³-hybridized carbons (Fsp3) is 0.250. The van der Waals surface area contributed by atoms with Gasteiger partial charge >= 0.3 is 0 Å². The zero-order valence-corrected chi connectivity index (χ0v) is 7.14. The van der Waals surface area contributed by atoms with Crippen molar-refractivity contribution in [2.24, 2.45) is 0 Å². The normalized spacial score (nSPS) is 11.5. The van der Waals surface area contributed by atoms with Gasteiger partial charge in [-0.1, -0.05) is 5.92 Å². The van der Waals surface area contributed by atoms with Gasteiger partial charge in [0, 0.05) is 5.38 Å². The standard InChI is InChI=1S/C8H7N3S/c1-2-3-10-7(4-9)8-5-12-6-11-8/h1,5-7,10H,3H2. The van der Waals surface area contributed by atoms with Gasteiger partial charge in [0.05, 0.1) is 23.8 Å². The predicted molar refractivity (Wildman–Crippen MR) is 47.3 cm³/mol. The van der Waals surface area contributed by atoms with Gasteiger partial charge < -0.3 is 0 Å². The summed E-state index contributed by atoms with van der Waals surface area (Å²) in [5.74, 6) is 2.41. The highest BCUT2D eigenvalue weighted by Crippen LogP contribution is 2.10. The highest BCUT2D eigenvalue weighted by Gasteiger charge is 2.09. The second kappa shape index (κ2) is 4.50. The first-order valence-electron chi connectivity index (χ1n) is 3.33. The maximum atomic E-state index is 8.71. The molecule has 1 rings (SSSR count). The Morgan fingerprint density at radius 1 is 1.83 bits per heavy atom. The number of nitriles is 1. The maximum absolute atomic E-state index is 8.71. The lowest BCUT2D eigenvalue weighted by Crippen LogP contribution is -2.20. The maximum Gasteiger partial charge on any atom is 0.140 e. The van der Waals surface area contributed by atoms with E-state index in [4.69, 9.17) is 11.7 Å². The molecule has 1 unspecified atom stereocenters. The van der Waals surface area contributed by atoms with Crippen molar-refractivity contribution in [2.75, 3.05) is 6.54 Å². The molecule has 0 bridgehead atoms. The summed E-state index contributed by atoms with van der Waals surface area (Å²) in [7, 11) is 0. The van der Waals surface area contributed by atoms with Crippen LogP contribution in [0.2, 0.25) is 0 Å². The van der Waals surface area contributed by atoms with Crippen molar-refractivity contribution in [1.82, 2.24) is 10.3 Å². The summed E-state index contributed by atoms with van der Waals surface area (Å²) in [4.78, 5) is 4.01. The third kappa shape index (κ3) is 2.06. The molecule has 60 valence electrons. The fourth-order valence-electron chi connectivity index (χ4n) is 0.742. The van der Waals surface area contributed by atoms with E-state index in [1.165, 1.54) is 11.3 Å². The smallest absolute Gasteiger partial charge is 0.140 e. The molecule has 4 heteroatoms. The molecule has 0 aromatic carbocycles. The topological polar surface area (TPSA) is 48.7 Å². The van der Waals surface area contributed by atoms with Crippen LogP contribution in [-0.2, 0) is 0 Å². The first-order valence-corrected chi connectivity index (χ1v) is 4.27. The fourth-order valence-corrected chi connectivity index (χ4v) is 1.32. The third-order valence-electron chi connectivity index (χ3n) is 1.28. The van der Waals surface area contributed by atoms with Crippen LogP contribution < -0.4 is 5.32 Å². The zero-order valence-electron chi connectivity index (χ0n) is 6.32. The molecule has 1 aromatic rings. The molecule has 1 N–H and O–H groups in total. The van der Waals surface area contributed by atoms with Gasteiger partial charge in [0.1, 0.15) is 6.04 Å². The van der Waals surface area contributed by atoms with Gasteiger partial charge in [-0.2, -0.15) is 5.26 Å². The average molecular weight is 177 g/mol. The molecular weight excluding hydrogens is 170 g/mol. The molecular formula is C8H7N3S. The van der Waals surface area contributed by atoms with E-state index in [0.29, 0.717) is 6.54 Å². The molecule has 0 radical (unpaired) electrons. The molecule has 0 spiro atoms. The van der Waals surface area contributed by atoms with E-state index >= 15 is 0 Å². The van der Waals surface area contributed by atoms with Crippen LogP contribution in [0.1, 0.15) is 11.7 Å². The van der Waals surface area contributed by atoms with Crippen LogP contribution in [-0.4, -0.2) is 11.5 Å². The number of thiazole rings is 1. The second-order valence-corrected chi connectivity index (χ2v) is 2.78. The SMILES string of the molecule is C#CCNC(C#N)c1cscn1. The summed E-state index contributed by atoms with van der Waals surface area (Å²) in [5.41, 5.74) is 2.43. The quantitative estimate of drug-likeness (QED) is 0.699. The average Bonchev–Trinajstić information content (AvgIpc) is 2.59. The molecule has 12 heavy (non-hydrogen) atoms. The van der Waals surface area contributed by atoms with Gasteiger partial charge in [0.2, 0.25) is 0 Å². The lowest BCUT2D eigenvalue weighted by molar-refractivity contribution is 0.676. The molecule has 0 fully saturated rings. The van der Waals surface area contributed by atoms with Gasteiger partial charge in [-0.05, 0) is 0 Å². The van der Waals surface area contributed by atoms with E-state index in [0.717, 1.165) is 5.69 Å². The highest BCUT2D eigenvalue weighted by atomic mass is 32.1. The van der Waals surface area contributed by atoms with Crippen LogP contribution in [0, 0.1) is 23.7 Å². The van der Waals surface area contributed by atoms with Crippen molar-refractivity contribution in [3.8, 4) is 18.4 Å². The van der Waals surface area contributed by atoms with Crippen LogP contribution in [0.5, 0.6) is 0 Å². The number of nitrogens with one attached hydrogen (secondary N) is 1. The van der Waals surface area contributed by atoms with Crippen molar-refractivity contribution in [3.63, 3.8) is 0 Å². The molecule has 0 aliphatic heterocycles. The van der Waals surface area contributed by atoms with Crippen LogP contribution >= 0.6 is 11.3 Å². The zero-order chi connectivity index (χ0) is 8.81. The van der Waals surface area contributed by atoms with Gasteiger partial charge in [-0.25, -0.2) is 4.98 Å². The largest absolute Gasteiger partial charge is 0.286 e. The van der Waals surface area contributed by atoms with Crippen LogP contribution in [0.15, 0.2) is 10.9 Å². The summed E-state index contributed by atoms with van der Waals surface area (Å²) in [6.07, 6.45) is 5.05. The van der Waals surface area contributed by atoms with E-state index in [9.17, 15) is 0 Å².